The van der Waals surface area contributed by atoms with Gasteiger partial charge < -0.3 is 10.6 Å². The molecule has 1 aromatic heterocycles. The maximum Gasteiger partial charge on any atom is 0.268 e. The van der Waals surface area contributed by atoms with E-state index >= 15 is 0 Å². The Bertz CT molecular complexity index is 380. The van der Waals surface area contributed by atoms with Gasteiger partial charge in [-0.25, -0.2) is 4.68 Å². The highest BCUT2D eigenvalue weighted by molar-refractivity contribution is 7.98. The summed E-state index contributed by atoms with van der Waals surface area (Å²) in [7, 11) is 1.89. The largest absolute Gasteiger partial charge is 0.382 e. The third-order valence-corrected chi connectivity index (χ3v) is 2.99. The summed E-state index contributed by atoms with van der Waals surface area (Å²) in [4.78, 5) is 11.7. The molecule has 0 fully saturated rings. The Morgan fingerprint density at radius 2 is 2.29 bits per heavy atom. The number of nitrogens with zero attached hydrogens (tertiary/aromatic N) is 2. The zero-order valence-corrected chi connectivity index (χ0v) is 11.2. The highest BCUT2D eigenvalue weighted by Gasteiger charge is 1.99. The van der Waals surface area contributed by atoms with Crippen molar-refractivity contribution in [3.8, 4) is 0 Å². The topological polar surface area (TPSA) is 59.0 Å². The molecule has 0 spiro atoms. The molecule has 6 heteroatoms. The minimum absolute atomic E-state index is 0.0411. The van der Waals surface area contributed by atoms with Crippen molar-refractivity contribution in [1.82, 2.24) is 15.1 Å². The lowest BCUT2D eigenvalue weighted by Crippen LogP contribution is -2.24. The lowest BCUT2D eigenvalue weighted by molar-refractivity contribution is 0.571. The second-order valence-electron chi connectivity index (χ2n) is 3.68. The first-order valence-electron chi connectivity index (χ1n) is 5.72. The number of nitrogens with one attached hydrogen (secondary N) is 2. The summed E-state index contributed by atoms with van der Waals surface area (Å²) in [6.07, 6.45) is 4.74. The molecule has 0 atom stereocenters. The van der Waals surface area contributed by atoms with E-state index in [1.54, 1.807) is 24.0 Å². The van der Waals surface area contributed by atoms with Crippen molar-refractivity contribution < 1.29 is 0 Å². The molecule has 0 aliphatic carbocycles. The van der Waals surface area contributed by atoms with Crippen LogP contribution in [-0.2, 0) is 6.54 Å². The van der Waals surface area contributed by atoms with Crippen LogP contribution in [0.3, 0.4) is 0 Å². The fraction of sp³-hybridized carbons (Fsp3) is 0.636. The Hall–Kier alpha value is -1.01. The summed E-state index contributed by atoms with van der Waals surface area (Å²) in [5.74, 6) is 1.05. The van der Waals surface area contributed by atoms with Crippen LogP contribution in [0.2, 0.25) is 0 Å². The van der Waals surface area contributed by atoms with Crippen molar-refractivity contribution in [2.45, 2.75) is 13.0 Å². The molecule has 0 amide bonds. The summed E-state index contributed by atoms with van der Waals surface area (Å²) in [5.41, 5.74) is 0.743. The van der Waals surface area contributed by atoms with Crippen molar-refractivity contribution in [2.75, 3.05) is 37.5 Å². The zero-order valence-electron chi connectivity index (χ0n) is 10.4. The lowest BCUT2D eigenvalue weighted by Gasteiger charge is -2.07. The number of aryl methyl sites for hydroxylation is 1. The second kappa shape index (κ2) is 8.14. The first-order valence-corrected chi connectivity index (χ1v) is 7.12. The third-order valence-electron chi connectivity index (χ3n) is 2.29. The molecule has 1 aromatic rings. The molecule has 0 saturated heterocycles. The van der Waals surface area contributed by atoms with Gasteiger partial charge in [0.25, 0.3) is 5.56 Å². The van der Waals surface area contributed by atoms with Crippen molar-refractivity contribution in [1.29, 1.82) is 0 Å². The van der Waals surface area contributed by atoms with E-state index in [1.165, 1.54) is 4.68 Å². The average molecular weight is 256 g/mol. The normalized spacial score (nSPS) is 10.5. The fourth-order valence-electron chi connectivity index (χ4n) is 1.39. The van der Waals surface area contributed by atoms with Gasteiger partial charge in [0.2, 0.25) is 0 Å². The summed E-state index contributed by atoms with van der Waals surface area (Å²) < 4.78 is 1.51. The number of aromatic nitrogens is 2. The maximum absolute atomic E-state index is 11.7. The summed E-state index contributed by atoms with van der Waals surface area (Å²) in [6.45, 7) is 2.33. The van der Waals surface area contributed by atoms with Gasteiger partial charge in [-0.1, -0.05) is 0 Å². The van der Waals surface area contributed by atoms with Gasteiger partial charge >= 0.3 is 0 Å². The number of hydrogen-bond acceptors (Lipinski definition) is 5. The molecule has 96 valence electrons. The Morgan fingerprint density at radius 1 is 1.47 bits per heavy atom. The maximum atomic E-state index is 11.7. The smallest absolute Gasteiger partial charge is 0.268 e. The first kappa shape index (κ1) is 14.1. The van der Waals surface area contributed by atoms with Crippen LogP contribution in [0.5, 0.6) is 0 Å². The highest BCUT2D eigenvalue weighted by atomic mass is 32.2. The third kappa shape index (κ3) is 5.23. The monoisotopic (exact) mass is 256 g/mol. The predicted octanol–water partition coefficient (Wildman–Crippen LogP) is 0.628. The second-order valence-corrected chi connectivity index (χ2v) is 4.67. The Kier molecular flexibility index (Phi) is 6.73. The van der Waals surface area contributed by atoms with E-state index in [-0.39, 0.29) is 5.56 Å². The van der Waals surface area contributed by atoms with Crippen LogP contribution in [0, 0.1) is 0 Å². The van der Waals surface area contributed by atoms with Gasteiger partial charge in [-0.2, -0.15) is 16.9 Å². The number of anilines is 1. The number of rotatable bonds is 8. The van der Waals surface area contributed by atoms with Gasteiger partial charge in [0, 0.05) is 25.7 Å². The van der Waals surface area contributed by atoms with Crippen LogP contribution >= 0.6 is 11.8 Å². The van der Waals surface area contributed by atoms with E-state index in [2.05, 4.69) is 22.0 Å². The van der Waals surface area contributed by atoms with E-state index < -0.39 is 0 Å². The molecule has 0 aliphatic heterocycles. The van der Waals surface area contributed by atoms with Crippen LogP contribution in [0.4, 0.5) is 5.69 Å². The van der Waals surface area contributed by atoms with Gasteiger partial charge in [0.1, 0.15) is 0 Å². The van der Waals surface area contributed by atoms with E-state index in [9.17, 15) is 4.79 Å². The van der Waals surface area contributed by atoms with Crippen LogP contribution in [0.15, 0.2) is 17.1 Å². The minimum atomic E-state index is -0.0411. The van der Waals surface area contributed by atoms with Gasteiger partial charge in [-0.3, -0.25) is 4.79 Å². The molecular weight excluding hydrogens is 236 g/mol. The number of likely N-dealkylation sites (N-methyl/N-ethyl adjacent to an activating group) is 1. The summed E-state index contributed by atoms with van der Waals surface area (Å²) in [6, 6.07) is 1.60. The Labute approximate surface area is 106 Å². The zero-order chi connectivity index (χ0) is 12.5. The van der Waals surface area contributed by atoms with Gasteiger partial charge in [0.05, 0.1) is 11.9 Å². The van der Waals surface area contributed by atoms with E-state index in [1.807, 2.05) is 7.05 Å². The molecule has 2 N–H and O–H groups in total. The highest BCUT2D eigenvalue weighted by Crippen LogP contribution is 2.00. The Morgan fingerprint density at radius 3 is 2.94 bits per heavy atom. The molecule has 0 aromatic carbocycles. The number of thioether (sulfide) groups is 1. The van der Waals surface area contributed by atoms with E-state index in [4.69, 9.17) is 0 Å². The Balaban J connectivity index is 2.50. The van der Waals surface area contributed by atoms with Gasteiger partial charge in [-0.05, 0) is 25.5 Å². The minimum Gasteiger partial charge on any atom is -0.382 e. The quantitative estimate of drug-likeness (QED) is 0.668. The van der Waals surface area contributed by atoms with E-state index in [0.29, 0.717) is 6.54 Å². The first-order chi connectivity index (χ1) is 8.27. The molecule has 0 bridgehead atoms. The van der Waals surface area contributed by atoms with Gasteiger partial charge in [0.15, 0.2) is 0 Å². The standard InChI is InChI=1S/C11H20N4OS/c1-12-4-5-13-10-8-11(16)15(14-9-10)6-3-7-17-2/h8-9,12-13H,3-7H2,1-2H3. The molecule has 1 heterocycles. The average Bonchev–Trinajstić information content (AvgIpc) is 2.32. The molecule has 0 radical (unpaired) electrons. The van der Waals surface area contributed by atoms with Crippen molar-refractivity contribution in [2.24, 2.45) is 0 Å². The molecular formula is C11H20N4OS. The predicted molar refractivity (Wildman–Crippen MR) is 73.9 cm³/mol. The molecule has 0 aliphatic rings. The van der Waals surface area contributed by atoms with Crippen molar-refractivity contribution >= 4 is 17.4 Å². The van der Waals surface area contributed by atoms with Crippen LogP contribution in [0.25, 0.3) is 0 Å². The fourth-order valence-corrected chi connectivity index (χ4v) is 1.81. The lowest BCUT2D eigenvalue weighted by atomic mass is 10.4. The van der Waals surface area contributed by atoms with Crippen LogP contribution in [0.1, 0.15) is 6.42 Å². The van der Waals surface area contributed by atoms with Gasteiger partial charge in [-0.15, -0.1) is 0 Å². The molecule has 0 saturated carbocycles. The molecule has 0 unspecified atom stereocenters. The van der Waals surface area contributed by atoms with Crippen molar-refractivity contribution in [3.05, 3.63) is 22.6 Å². The summed E-state index contributed by atoms with van der Waals surface area (Å²) >= 11 is 1.78. The molecule has 5 nitrogen and oxygen atoms in total. The van der Waals surface area contributed by atoms with Crippen molar-refractivity contribution in [3.63, 3.8) is 0 Å². The molecule has 17 heavy (non-hydrogen) atoms. The number of hydrogen-bond donors (Lipinski definition) is 2. The van der Waals surface area contributed by atoms with Crippen LogP contribution in [-0.4, -0.2) is 41.9 Å². The van der Waals surface area contributed by atoms with Crippen LogP contribution < -0.4 is 16.2 Å². The van der Waals surface area contributed by atoms with E-state index in [0.717, 1.165) is 31.0 Å². The molecule has 1 rings (SSSR count). The summed E-state index contributed by atoms with van der Waals surface area (Å²) in [5, 5.41) is 10.3. The SMILES string of the molecule is CNCCNc1cnn(CCCSC)c(=O)c1.